The first-order valence-corrected chi connectivity index (χ1v) is 4.90. The van der Waals surface area contributed by atoms with Gasteiger partial charge in [0.15, 0.2) is 5.82 Å². The number of nitrogen functional groups attached to an aromatic ring is 1. The molecule has 14 heavy (non-hydrogen) atoms. The van der Waals surface area contributed by atoms with Crippen molar-refractivity contribution in [2.45, 2.75) is 18.9 Å². The number of nitrogens with two attached hydrogens (primary N) is 1. The van der Waals surface area contributed by atoms with E-state index in [1.807, 2.05) is 7.05 Å². The minimum absolute atomic E-state index is 0.316. The summed E-state index contributed by atoms with van der Waals surface area (Å²) in [6, 6.07) is 0. The van der Waals surface area contributed by atoms with E-state index < -0.39 is 0 Å². The maximum absolute atomic E-state index is 5.74. The number of nitrogens with zero attached hydrogens (tertiary/aromatic N) is 2. The Morgan fingerprint density at radius 2 is 2.64 bits per heavy atom. The van der Waals surface area contributed by atoms with Gasteiger partial charge in [-0.15, -0.1) is 0 Å². The molecule has 78 valence electrons. The molecular formula is C9H16N4O. The molecule has 2 rings (SSSR count). The lowest BCUT2D eigenvalue weighted by Crippen LogP contribution is -2.19. The number of nitrogens with one attached hydrogen (secondary N) is 1. The van der Waals surface area contributed by atoms with Gasteiger partial charge in [-0.3, -0.25) is 4.68 Å². The van der Waals surface area contributed by atoms with Crippen LogP contribution in [0.3, 0.4) is 0 Å². The number of aryl methyl sites for hydroxylation is 1. The fourth-order valence-electron chi connectivity index (χ4n) is 1.66. The van der Waals surface area contributed by atoms with E-state index in [2.05, 4.69) is 10.4 Å². The fraction of sp³-hybridized carbons (Fsp3) is 0.667. The third-order valence-electron chi connectivity index (χ3n) is 2.38. The van der Waals surface area contributed by atoms with Gasteiger partial charge in [-0.2, -0.15) is 5.10 Å². The zero-order valence-electron chi connectivity index (χ0n) is 8.36. The molecule has 0 spiro atoms. The van der Waals surface area contributed by atoms with Crippen molar-refractivity contribution < 1.29 is 4.74 Å². The second kappa shape index (κ2) is 3.88. The zero-order chi connectivity index (χ0) is 9.97. The Bertz CT molecular complexity index is 304. The maximum atomic E-state index is 5.74. The maximum Gasteiger partial charge on any atom is 0.171 e. The SMILES string of the molecule is Cn1cc(N)c(NC[C@H]2CCCO2)n1. The minimum atomic E-state index is 0.316. The summed E-state index contributed by atoms with van der Waals surface area (Å²) in [6.07, 6.45) is 4.39. The Kier molecular flexibility index (Phi) is 2.58. The third kappa shape index (κ3) is 1.98. The van der Waals surface area contributed by atoms with Crippen molar-refractivity contribution >= 4 is 11.5 Å². The van der Waals surface area contributed by atoms with Crippen molar-refractivity contribution in [2.24, 2.45) is 7.05 Å². The number of rotatable bonds is 3. The summed E-state index contributed by atoms with van der Waals surface area (Å²) in [4.78, 5) is 0. The van der Waals surface area contributed by atoms with Crippen LogP contribution in [0.25, 0.3) is 0 Å². The molecule has 1 fully saturated rings. The molecule has 1 saturated heterocycles. The Balaban J connectivity index is 1.87. The van der Waals surface area contributed by atoms with Gasteiger partial charge in [0.1, 0.15) is 0 Å². The fourth-order valence-corrected chi connectivity index (χ4v) is 1.66. The summed E-state index contributed by atoms with van der Waals surface area (Å²) in [5.41, 5.74) is 6.43. The zero-order valence-corrected chi connectivity index (χ0v) is 8.36. The summed E-state index contributed by atoms with van der Waals surface area (Å²) >= 11 is 0. The van der Waals surface area contributed by atoms with Crippen LogP contribution in [0, 0.1) is 0 Å². The van der Waals surface area contributed by atoms with Crippen molar-refractivity contribution in [3.63, 3.8) is 0 Å². The van der Waals surface area contributed by atoms with Crippen molar-refractivity contribution in [1.29, 1.82) is 0 Å². The molecule has 0 unspecified atom stereocenters. The van der Waals surface area contributed by atoms with E-state index in [9.17, 15) is 0 Å². The van der Waals surface area contributed by atoms with Crippen LogP contribution in [-0.4, -0.2) is 29.0 Å². The van der Waals surface area contributed by atoms with Crippen molar-refractivity contribution in [3.05, 3.63) is 6.20 Å². The van der Waals surface area contributed by atoms with Crippen molar-refractivity contribution in [3.8, 4) is 0 Å². The first kappa shape index (κ1) is 9.33. The lowest BCUT2D eigenvalue weighted by Gasteiger charge is -2.09. The van der Waals surface area contributed by atoms with Crippen LogP contribution in [0.15, 0.2) is 6.20 Å². The van der Waals surface area contributed by atoms with Crippen LogP contribution in [-0.2, 0) is 11.8 Å². The minimum Gasteiger partial charge on any atom is -0.394 e. The van der Waals surface area contributed by atoms with Gasteiger partial charge in [0.05, 0.1) is 11.8 Å². The highest BCUT2D eigenvalue weighted by Gasteiger charge is 2.15. The lowest BCUT2D eigenvalue weighted by molar-refractivity contribution is 0.120. The predicted molar refractivity (Wildman–Crippen MR) is 55.1 cm³/mol. The lowest BCUT2D eigenvalue weighted by atomic mass is 10.2. The monoisotopic (exact) mass is 196 g/mol. The molecule has 1 atom stereocenters. The van der Waals surface area contributed by atoms with Gasteiger partial charge in [-0.25, -0.2) is 0 Å². The van der Waals surface area contributed by atoms with Gasteiger partial charge in [-0.1, -0.05) is 0 Å². The second-order valence-electron chi connectivity index (χ2n) is 3.62. The molecule has 0 bridgehead atoms. The number of hydrogen-bond acceptors (Lipinski definition) is 4. The molecule has 0 aliphatic carbocycles. The molecule has 2 heterocycles. The average molecular weight is 196 g/mol. The van der Waals surface area contributed by atoms with Gasteiger partial charge in [0.2, 0.25) is 0 Å². The first-order valence-electron chi connectivity index (χ1n) is 4.90. The summed E-state index contributed by atoms with van der Waals surface area (Å²) in [5.74, 6) is 0.753. The molecule has 0 saturated carbocycles. The quantitative estimate of drug-likeness (QED) is 0.742. The summed E-state index contributed by atoms with van der Waals surface area (Å²) in [5, 5.41) is 7.39. The van der Waals surface area contributed by atoms with E-state index in [1.165, 1.54) is 0 Å². The topological polar surface area (TPSA) is 65.1 Å². The smallest absolute Gasteiger partial charge is 0.171 e. The van der Waals surface area contributed by atoms with Crippen LogP contribution < -0.4 is 11.1 Å². The standard InChI is InChI=1S/C9H16N4O/c1-13-6-8(10)9(12-13)11-5-7-3-2-4-14-7/h6-7H,2-5,10H2,1H3,(H,11,12)/t7-/m1/s1. The Morgan fingerprint density at radius 1 is 1.79 bits per heavy atom. The number of aromatic nitrogens is 2. The van der Waals surface area contributed by atoms with Crippen molar-refractivity contribution in [2.75, 3.05) is 24.2 Å². The molecule has 1 aromatic rings. The molecular weight excluding hydrogens is 180 g/mol. The largest absolute Gasteiger partial charge is 0.394 e. The van der Waals surface area contributed by atoms with Gasteiger partial charge in [0.25, 0.3) is 0 Å². The van der Waals surface area contributed by atoms with E-state index in [-0.39, 0.29) is 0 Å². The van der Waals surface area contributed by atoms with Crippen LogP contribution in [0.5, 0.6) is 0 Å². The molecule has 0 aromatic carbocycles. The molecule has 1 aliphatic heterocycles. The normalized spacial score (nSPS) is 21.4. The van der Waals surface area contributed by atoms with E-state index in [0.717, 1.165) is 31.8 Å². The van der Waals surface area contributed by atoms with Crippen LogP contribution >= 0.6 is 0 Å². The Labute approximate surface area is 83.2 Å². The number of ether oxygens (including phenoxy) is 1. The van der Waals surface area contributed by atoms with E-state index >= 15 is 0 Å². The molecule has 5 heteroatoms. The highest BCUT2D eigenvalue weighted by molar-refractivity contribution is 5.59. The average Bonchev–Trinajstić information content (AvgIpc) is 2.72. The molecule has 1 aliphatic rings. The molecule has 1 aromatic heterocycles. The number of hydrogen-bond donors (Lipinski definition) is 2. The van der Waals surface area contributed by atoms with Crippen LogP contribution in [0.2, 0.25) is 0 Å². The Morgan fingerprint density at radius 3 is 3.21 bits per heavy atom. The van der Waals surface area contributed by atoms with E-state index in [0.29, 0.717) is 11.8 Å². The van der Waals surface area contributed by atoms with Gasteiger partial charge >= 0.3 is 0 Å². The predicted octanol–water partition coefficient (Wildman–Crippen LogP) is 0.593. The molecule has 0 radical (unpaired) electrons. The van der Waals surface area contributed by atoms with E-state index in [4.69, 9.17) is 10.5 Å². The summed E-state index contributed by atoms with van der Waals surface area (Å²) in [6.45, 7) is 1.67. The summed E-state index contributed by atoms with van der Waals surface area (Å²) < 4.78 is 7.18. The van der Waals surface area contributed by atoms with Crippen molar-refractivity contribution in [1.82, 2.24) is 9.78 Å². The van der Waals surface area contributed by atoms with Gasteiger partial charge < -0.3 is 15.8 Å². The second-order valence-corrected chi connectivity index (χ2v) is 3.62. The molecule has 5 nitrogen and oxygen atoms in total. The number of anilines is 2. The van der Waals surface area contributed by atoms with Gasteiger partial charge in [0, 0.05) is 26.4 Å². The van der Waals surface area contributed by atoms with Crippen LogP contribution in [0.1, 0.15) is 12.8 Å². The molecule has 0 amide bonds. The highest BCUT2D eigenvalue weighted by atomic mass is 16.5. The highest BCUT2D eigenvalue weighted by Crippen LogP contribution is 2.17. The summed E-state index contributed by atoms with van der Waals surface area (Å²) in [7, 11) is 1.85. The molecule has 3 N–H and O–H groups in total. The van der Waals surface area contributed by atoms with Gasteiger partial charge in [-0.05, 0) is 12.8 Å². The van der Waals surface area contributed by atoms with Crippen LogP contribution in [0.4, 0.5) is 11.5 Å². The Hall–Kier alpha value is -1.23. The first-order chi connectivity index (χ1) is 6.75. The third-order valence-corrected chi connectivity index (χ3v) is 2.38. The van der Waals surface area contributed by atoms with E-state index in [1.54, 1.807) is 10.9 Å².